The van der Waals surface area contributed by atoms with Crippen molar-refractivity contribution in [3.8, 4) is 0 Å². The van der Waals surface area contributed by atoms with Gasteiger partial charge in [0, 0.05) is 11.0 Å². The Hall–Kier alpha value is -0.870. The van der Waals surface area contributed by atoms with Crippen LogP contribution in [0.1, 0.15) is 42.1 Å². The number of carbonyl (C=O) groups is 1. The van der Waals surface area contributed by atoms with Gasteiger partial charge in [0.2, 0.25) is 0 Å². The molecule has 0 saturated heterocycles. The third-order valence-electron chi connectivity index (χ3n) is 4.24. The highest BCUT2D eigenvalue weighted by Gasteiger charge is 2.22. The van der Waals surface area contributed by atoms with E-state index in [1.54, 1.807) is 0 Å². The zero-order valence-electron chi connectivity index (χ0n) is 12.1. The molecule has 1 aromatic carbocycles. The molecule has 0 amide bonds. The second-order valence-corrected chi connectivity index (χ2v) is 6.45. The van der Waals surface area contributed by atoms with Gasteiger partial charge in [-0.15, -0.1) is 0 Å². The van der Waals surface area contributed by atoms with E-state index >= 15 is 0 Å². The van der Waals surface area contributed by atoms with Gasteiger partial charge in [0.05, 0.1) is 12.7 Å². The number of methoxy groups -OCH3 is 1. The van der Waals surface area contributed by atoms with Crippen molar-refractivity contribution in [3.05, 3.63) is 33.8 Å². The molecule has 0 spiro atoms. The molecule has 0 heterocycles. The zero-order valence-corrected chi connectivity index (χ0v) is 13.7. The minimum atomic E-state index is -0.301. The summed E-state index contributed by atoms with van der Waals surface area (Å²) in [6.45, 7) is 4.25. The van der Waals surface area contributed by atoms with E-state index in [1.807, 2.05) is 18.2 Å². The largest absolute Gasteiger partial charge is 0.465 e. The summed E-state index contributed by atoms with van der Waals surface area (Å²) in [5.41, 5.74) is 1.75. The van der Waals surface area contributed by atoms with Crippen LogP contribution in [0.5, 0.6) is 0 Å². The van der Waals surface area contributed by atoms with E-state index in [9.17, 15) is 4.79 Å². The minimum Gasteiger partial charge on any atom is -0.465 e. The van der Waals surface area contributed by atoms with Gasteiger partial charge in [-0.3, -0.25) is 0 Å². The number of esters is 1. The second-order valence-electron chi connectivity index (χ2n) is 5.60. The molecule has 4 heteroatoms. The Bertz CT molecular complexity index is 476. The summed E-state index contributed by atoms with van der Waals surface area (Å²) in [6, 6.07) is 5.61. The van der Waals surface area contributed by atoms with Crippen LogP contribution >= 0.6 is 15.9 Å². The Morgan fingerprint density at radius 3 is 2.85 bits per heavy atom. The van der Waals surface area contributed by atoms with E-state index in [4.69, 9.17) is 4.74 Å². The van der Waals surface area contributed by atoms with Crippen LogP contribution in [0.25, 0.3) is 0 Å². The van der Waals surface area contributed by atoms with Gasteiger partial charge in [-0.2, -0.15) is 0 Å². The van der Waals surface area contributed by atoms with Crippen LogP contribution in [0.15, 0.2) is 22.7 Å². The molecule has 1 N–H and O–H groups in total. The summed E-state index contributed by atoms with van der Waals surface area (Å²) >= 11 is 3.52. The standard InChI is InChI=1S/C16H22BrNO2/c1-11-4-3-5-13(11)9-18-10-14-7-6-12(8-15(14)17)16(19)20-2/h6-8,11,13,18H,3-5,9-10H2,1-2H3. The topological polar surface area (TPSA) is 38.3 Å². The van der Waals surface area contributed by atoms with Crippen molar-refractivity contribution in [1.82, 2.24) is 5.32 Å². The van der Waals surface area contributed by atoms with E-state index in [0.29, 0.717) is 5.56 Å². The van der Waals surface area contributed by atoms with E-state index in [2.05, 4.69) is 28.2 Å². The van der Waals surface area contributed by atoms with Crippen LogP contribution < -0.4 is 5.32 Å². The monoisotopic (exact) mass is 339 g/mol. The molecular formula is C16H22BrNO2. The fraction of sp³-hybridized carbons (Fsp3) is 0.562. The molecule has 1 aromatic rings. The number of nitrogens with one attached hydrogen (secondary N) is 1. The third kappa shape index (κ3) is 3.83. The number of ether oxygens (including phenoxy) is 1. The first kappa shape index (κ1) is 15.5. The number of halogens is 1. The predicted molar refractivity (Wildman–Crippen MR) is 83.7 cm³/mol. The number of hydrogen-bond acceptors (Lipinski definition) is 3. The van der Waals surface area contributed by atoms with Gasteiger partial charge in [0.15, 0.2) is 0 Å². The van der Waals surface area contributed by atoms with Crippen molar-refractivity contribution < 1.29 is 9.53 Å². The Labute approximate surface area is 129 Å². The predicted octanol–water partition coefficient (Wildman–Crippen LogP) is 3.76. The lowest BCUT2D eigenvalue weighted by molar-refractivity contribution is 0.0600. The molecule has 1 saturated carbocycles. The van der Waals surface area contributed by atoms with Gasteiger partial charge < -0.3 is 10.1 Å². The highest BCUT2D eigenvalue weighted by atomic mass is 79.9. The average molecular weight is 340 g/mol. The molecule has 2 rings (SSSR count). The number of rotatable bonds is 5. The molecule has 0 aromatic heterocycles. The molecule has 0 bridgehead atoms. The van der Waals surface area contributed by atoms with E-state index in [-0.39, 0.29) is 5.97 Å². The molecule has 20 heavy (non-hydrogen) atoms. The summed E-state index contributed by atoms with van der Waals surface area (Å²) in [4.78, 5) is 11.4. The fourth-order valence-corrected chi connectivity index (χ4v) is 3.37. The van der Waals surface area contributed by atoms with Gasteiger partial charge >= 0.3 is 5.97 Å². The van der Waals surface area contributed by atoms with Gasteiger partial charge in [-0.05, 0) is 42.5 Å². The maximum Gasteiger partial charge on any atom is 0.337 e. The summed E-state index contributed by atoms with van der Waals surface area (Å²) in [5, 5.41) is 3.53. The van der Waals surface area contributed by atoms with Crippen molar-refractivity contribution >= 4 is 21.9 Å². The van der Waals surface area contributed by atoms with Gasteiger partial charge in [-0.1, -0.05) is 41.8 Å². The highest BCUT2D eigenvalue weighted by Crippen LogP contribution is 2.30. The Morgan fingerprint density at radius 1 is 1.45 bits per heavy atom. The lowest BCUT2D eigenvalue weighted by Gasteiger charge is -2.16. The minimum absolute atomic E-state index is 0.301. The Kier molecular flexibility index (Phi) is 5.61. The van der Waals surface area contributed by atoms with Gasteiger partial charge in [0.1, 0.15) is 0 Å². The first-order valence-electron chi connectivity index (χ1n) is 7.19. The quantitative estimate of drug-likeness (QED) is 0.830. The van der Waals surface area contributed by atoms with Crippen LogP contribution in [0.2, 0.25) is 0 Å². The lowest BCUT2D eigenvalue weighted by atomic mass is 9.98. The molecule has 2 atom stereocenters. The van der Waals surface area contributed by atoms with Crippen molar-refractivity contribution in [2.45, 2.75) is 32.7 Å². The van der Waals surface area contributed by atoms with Crippen LogP contribution in [-0.4, -0.2) is 19.6 Å². The van der Waals surface area contributed by atoms with Gasteiger partial charge in [0.25, 0.3) is 0 Å². The SMILES string of the molecule is COC(=O)c1ccc(CNCC2CCCC2C)c(Br)c1. The fourth-order valence-electron chi connectivity index (χ4n) is 2.85. The third-order valence-corrected chi connectivity index (χ3v) is 4.97. The van der Waals surface area contributed by atoms with Gasteiger partial charge in [-0.25, -0.2) is 4.79 Å². The molecule has 0 radical (unpaired) electrons. The van der Waals surface area contributed by atoms with Crippen molar-refractivity contribution in [1.29, 1.82) is 0 Å². The van der Waals surface area contributed by atoms with E-state index in [1.165, 1.54) is 31.9 Å². The smallest absolute Gasteiger partial charge is 0.337 e. The summed E-state index contributed by atoms with van der Waals surface area (Å²) in [5.74, 6) is 1.35. The summed E-state index contributed by atoms with van der Waals surface area (Å²) in [7, 11) is 1.40. The first-order chi connectivity index (χ1) is 9.61. The Morgan fingerprint density at radius 2 is 2.25 bits per heavy atom. The van der Waals surface area contributed by atoms with Crippen LogP contribution in [0, 0.1) is 11.8 Å². The molecule has 3 nitrogen and oxygen atoms in total. The van der Waals surface area contributed by atoms with E-state index < -0.39 is 0 Å². The Balaban J connectivity index is 1.88. The maximum absolute atomic E-state index is 11.4. The van der Waals surface area contributed by atoms with E-state index in [0.717, 1.165) is 29.4 Å². The summed E-state index contributed by atoms with van der Waals surface area (Å²) in [6.07, 6.45) is 4.07. The average Bonchev–Trinajstić information content (AvgIpc) is 2.85. The van der Waals surface area contributed by atoms with Crippen molar-refractivity contribution in [2.24, 2.45) is 11.8 Å². The maximum atomic E-state index is 11.4. The number of hydrogen-bond donors (Lipinski definition) is 1. The first-order valence-corrected chi connectivity index (χ1v) is 7.98. The number of benzene rings is 1. The molecule has 0 aliphatic heterocycles. The van der Waals surface area contributed by atoms with Crippen LogP contribution in [0.3, 0.4) is 0 Å². The number of carbonyl (C=O) groups excluding carboxylic acids is 1. The normalized spacial score (nSPS) is 21.9. The highest BCUT2D eigenvalue weighted by molar-refractivity contribution is 9.10. The molecule has 1 aliphatic rings. The zero-order chi connectivity index (χ0) is 14.5. The summed E-state index contributed by atoms with van der Waals surface area (Å²) < 4.78 is 5.67. The van der Waals surface area contributed by atoms with Crippen LogP contribution in [-0.2, 0) is 11.3 Å². The van der Waals surface area contributed by atoms with Crippen LogP contribution in [0.4, 0.5) is 0 Å². The van der Waals surface area contributed by atoms with Crippen molar-refractivity contribution in [2.75, 3.05) is 13.7 Å². The molecule has 110 valence electrons. The molecular weight excluding hydrogens is 318 g/mol. The molecule has 1 aliphatic carbocycles. The molecule has 2 unspecified atom stereocenters. The second kappa shape index (κ2) is 7.23. The lowest BCUT2D eigenvalue weighted by Crippen LogP contribution is -2.24. The van der Waals surface area contributed by atoms with Crippen molar-refractivity contribution in [3.63, 3.8) is 0 Å². The molecule has 1 fully saturated rings.